The molecule has 0 saturated heterocycles. The normalized spacial score (nSPS) is 15.9. The fourth-order valence-corrected chi connectivity index (χ4v) is 5.54. The zero-order chi connectivity index (χ0) is 30.9. The Balaban J connectivity index is 1.41. The van der Waals surface area contributed by atoms with E-state index in [-0.39, 0.29) is 25.0 Å². The molecule has 228 valence electrons. The van der Waals surface area contributed by atoms with Crippen LogP contribution >= 0.6 is 11.6 Å². The molecule has 2 heterocycles. The lowest BCUT2D eigenvalue weighted by molar-refractivity contribution is -0.137. The fraction of sp³-hybridized carbons (Fsp3) is 0.286. The molecule has 44 heavy (non-hydrogen) atoms. The van der Waals surface area contributed by atoms with E-state index in [9.17, 15) is 14.7 Å². The Bertz CT molecular complexity index is 1610. The van der Waals surface area contributed by atoms with Gasteiger partial charge in [-0.3, -0.25) is 14.6 Å². The average Bonchev–Trinajstić information content (AvgIpc) is 3.02. The molecule has 0 spiro atoms. The van der Waals surface area contributed by atoms with E-state index in [4.69, 9.17) is 21.1 Å². The highest BCUT2D eigenvalue weighted by atomic mass is 35.5. The highest BCUT2D eigenvalue weighted by Gasteiger charge is 2.18. The molecule has 0 radical (unpaired) electrons. The largest absolute Gasteiger partial charge is 0.488 e. The molecule has 1 atom stereocenters. The van der Waals surface area contributed by atoms with Gasteiger partial charge in [0.2, 0.25) is 0 Å². The number of hydrogen-bond acceptors (Lipinski definition) is 6. The predicted molar refractivity (Wildman–Crippen MR) is 170 cm³/mol. The van der Waals surface area contributed by atoms with Gasteiger partial charge in [0.15, 0.2) is 0 Å². The first-order valence-electron chi connectivity index (χ1n) is 14.8. The number of nitrogens with zero attached hydrogens (tertiary/aromatic N) is 1. The SMILES string of the molecule is Cc1c(COc2cc3c(cc2Cl)CNC(CC(=O)O)CCCCNC(=O)c2cncc(c2)CO3)cccc1-c1ccccc1. The van der Waals surface area contributed by atoms with Crippen molar-refractivity contribution in [2.45, 2.75) is 58.4 Å². The van der Waals surface area contributed by atoms with Gasteiger partial charge in [-0.25, -0.2) is 0 Å². The van der Waals surface area contributed by atoms with Gasteiger partial charge in [-0.2, -0.15) is 0 Å². The number of carbonyl (C=O) groups is 2. The monoisotopic (exact) mass is 613 g/mol. The number of aliphatic carboxylic acids is 1. The lowest BCUT2D eigenvalue weighted by Gasteiger charge is -2.20. The Morgan fingerprint density at radius 3 is 2.73 bits per heavy atom. The molecule has 3 N–H and O–H groups in total. The van der Waals surface area contributed by atoms with Crippen LogP contribution in [0.3, 0.4) is 0 Å². The summed E-state index contributed by atoms with van der Waals surface area (Å²) in [6.07, 6.45) is 5.31. The van der Waals surface area contributed by atoms with Gasteiger partial charge in [0.1, 0.15) is 24.7 Å². The molecule has 0 saturated carbocycles. The van der Waals surface area contributed by atoms with Gasteiger partial charge in [-0.05, 0) is 54.2 Å². The Morgan fingerprint density at radius 2 is 1.91 bits per heavy atom. The quantitative estimate of drug-likeness (QED) is 0.222. The number of carbonyl (C=O) groups excluding carboxylic acids is 1. The zero-order valence-electron chi connectivity index (χ0n) is 24.6. The number of hydrogen-bond donors (Lipinski definition) is 3. The second-order valence-electron chi connectivity index (χ2n) is 10.9. The third kappa shape index (κ3) is 8.15. The van der Waals surface area contributed by atoms with Crippen LogP contribution in [0.1, 0.15) is 58.3 Å². The number of fused-ring (bicyclic) bond motifs is 3. The summed E-state index contributed by atoms with van der Waals surface area (Å²) in [5, 5.41) is 16.2. The average molecular weight is 614 g/mol. The molecule has 5 rings (SSSR count). The van der Waals surface area contributed by atoms with Crippen LogP contribution in [0.4, 0.5) is 0 Å². The van der Waals surface area contributed by atoms with E-state index >= 15 is 0 Å². The number of amides is 1. The number of benzene rings is 3. The number of carboxylic acids is 1. The standard InChI is InChI=1S/C35H36ClN3O5/c1-23-26(10-7-12-30(23)25-8-3-2-4-9-25)22-44-33-17-32-27(15-31(33)36)20-39-29(16-34(40)41)11-5-6-13-38-35(42)28-14-24(21-43-32)18-37-19-28/h2-4,7-10,12,14-15,17-19,29,39H,5-6,11,13,16,20-22H2,1H3,(H,38,42)(H,40,41). The Morgan fingerprint density at radius 1 is 1.07 bits per heavy atom. The summed E-state index contributed by atoms with van der Waals surface area (Å²) in [6, 6.07) is 21.5. The topological polar surface area (TPSA) is 110 Å². The predicted octanol–water partition coefficient (Wildman–Crippen LogP) is 6.72. The summed E-state index contributed by atoms with van der Waals surface area (Å²) >= 11 is 6.74. The second-order valence-corrected chi connectivity index (χ2v) is 11.3. The first-order valence-corrected chi connectivity index (χ1v) is 15.1. The highest BCUT2D eigenvalue weighted by molar-refractivity contribution is 6.32. The summed E-state index contributed by atoms with van der Waals surface area (Å²) in [7, 11) is 0. The van der Waals surface area contributed by atoms with Crippen LogP contribution in [0.25, 0.3) is 11.1 Å². The molecule has 9 heteroatoms. The van der Waals surface area contributed by atoms with Crippen molar-refractivity contribution >= 4 is 23.5 Å². The van der Waals surface area contributed by atoms with Crippen molar-refractivity contribution in [3.8, 4) is 22.6 Å². The Hall–Kier alpha value is -4.40. The van der Waals surface area contributed by atoms with Gasteiger partial charge in [0.05, 0.1) is 17.0 Å². The van der Waals surface area contributed by atoms with Gasteiger partial charge < -0.3 is 25.2 Å². The van der Waals surface area contributed by atoms with Crippen LogP contribution in [0.5, 0.6) is 11.5 Å². The minimum Gasteiger partial charge on any atom is -0.488 e. The Labute approximate surface area is 262 Å². The maximum absolute atomic E-state index is 12.7. The molecular formula is C35H36ClN3O5. The number of halogens is 1. The second kappa shape index (κ2) is 14.9. The third-order valence-electron chi connectivity index (χ3n) is 7.75. The number of carboxylic acid groups (broad SMARTS) is 1. The van der Waals surface area contributed by atoms with Gasteiger partial charge in [0.25, 0.3) is 5.91 Å². The summed E-state index contributed by atoms with van der Waals surface area (Å²) in [6.45, 7) is 3.42. The van der Waals surface area contributed by atoms with E-state index in [1.807, 2.05) is 30.3 Å². The number of ether oxygens (including phenoxy) is 2. The van der Waals surface area contributed by atoms with Gasteiger partial charge in [0, 0.05) is 48.7 Å². The minimum atomic E-state index is -0.874. The van der Waals surface area contributed by atoms with Crippen LogP contribution in [-0.2, 0) is 24.6 Å². The minimum absolute atomic E-state index is 0.0187. The third-order valence-corrected chi connectivity index (χ3v) is 8.04. The maximum atomic E-state index is 12.7. The molecule has 1 aliphatic rings. The maximum Gasteiger partial charge on any atom is 0.304 e. The fourth-order valence-electron chi connectivity index (χ4n) is 5.30. The number of pyridine rings is 1. The van der Waals surface area contributed by atoms with Crippen LogP contribution in [0.15, 0.2) is 79.1 Å². The number of nitrogens with one attached hydrogen (secondary N) is 2. The number of aromatic nitrogens is 1. The van der Waals surface area contributed by atoms with Gasteiger partial charge in [-0.1, -0.05) is 66.6 Å². The van der Waals surface area contributed by atoms with Crippen molar-refractivity contribution < 1.29 is 24.2 Å². The van der Waals surface area contributed by atoms with Gasteiger partial charge >= 0.3 is 5.97 Å². The van der Waals surface area contributed by atoms with Crippen LogP contribution in [0.2, 0.25) is 5.02 Å². The zero-order valence-corrected chi connectivity index (χ0v) is 25.4. The lowest BCUT2D eigenvalue weighted by atomic mass is 9.97. The van der Waals surface area contributed by atoms with Crippen molar-refractivity contribution in [3.63, 3.8) is 0 Å². The molecular weight excluding hydrogens is 578 g/mol. The summed E-state index contributed by atoms with van der Waals surface area (Å²) in [5.41, 5.74) is 6.41. The van der Waals surface area contributed by atoms with Crippen molar-refractivity contribution in [3.05, 3.63) is 112 Å². The van der Waals surface area contributed by atoms with E-state index in [2.05, 4.69) is 40.7 Å². The van der Waals surface area contributed by atoms with Crippen LogP contribution in [-0.4, -0.2) is 34.6 Å². The van der Waals surface area contributed by atoms with E-state index in [0.717, 1.165) is 46.2 Å². The number of rotatable bonds is 6. The molecule has 8 nitrogen and oxygen atoms in total. The van der Waals surface area contributed by atoms with E-state index < -0.39 is 5.97 Å². The molecule has 0 fully saturated rings. The summed E-state index contributed by atoms with van der Waals surface area (Å²) in [4.78, 5) is 28.4. The van der Waals surface area contributed by atoms with Gasteiger partial charge in [-0.15, -0.1) is 0 Å². The molecule has 1 aliphatic heterocycles. The molecule has 0 aliphatic carbocycles. The lowest BCUT2D eigenvalue weighted by Crippen LogP contribution is -2.31. The van der Waals surface area contributed by atoms with Crippen molar-refractivity contribution in [2.24, 2.45) is 0 Å². The molecule has 1 amide bonds. The van der Waals surface area contributed by atoms with E-state index in [1.54, 1.807) is 24.4 Å². The molecule has 3 aromatic carbocycles. The molecule has 2 bridgehead atoms. The van der Waals surface area contributed by atoms with Crippen molar-refractivity contribution in [1.29, 1.82) is 0 Å². The summed E-state index contributed by atoms with van der Waals surface area (Å²) in [5.74, 6) is -0.0671. The van der Waals surface area contributed by atoms with E-state index in [0.29, 0.717) is 48.2 Å². The van der Waals surface area contributed by atoms with Crippen molar-refractivity contribution in [2.75, 3.05) is 6.54 Å². The van der Waals surface area contributed by atoms with Crippen LogP contribution in [0, 0.1) is 6.92 Å². The smallest absolute Gasteiger partial charge is 0.304 e. The Kier molecular flexibility index (Phi) is 10.5. The first kappa shape index (κ1) is 31.0. The van der Waals surface area contributed by atoms with E-state index in [1.165, 1.54) is 6.20 Å². The first-order chi connectivity index (χ1) is 21.4. The summed E-state index contributed by atoms with van der Waals surface area (Å²) < 4.78 is 12.5. The highest BCUT2D eigenvalue weighted by Crippen LogP contribution is 2.35. The molecule has 1 unspecified atom stereocenters. The van der Waals surface area contributed by atoms with Crippen LogP contribution < -0.4 is 20.1 Å². The molecule has 1 aromatic heterocycles. The molecule has 4 aromatic rings. The van der Waals surface area contributed by atoms with Crippen molar-refractivity contribution in [1.82, 2.24) is 15.6 Å².